The highest BCUT2D eigenvalue weighted by molar-refractivity contribution is 5.84. The van der Waals surface area contributed by atoms with Gasteiger partial charge in [0.2, 0.25) is 0 Å². The maximum absolute atomic E-state index is 5.84. The molecule has 2 heteroatoms. The molecule has 2 nitrogen and oxygen atoms in total. The summed E-state index contributed by atoms with van der Waals surface area (Å²) in [4.78, 5) is 4.41. The highest BCUT2D eigenvalue weighted by Gasteiger charge is 2.05. The fourth-order valence-corrected chi connectivity index (χ4v) is 2.37. The Bertz CT molecular complexity index is 732. The molecule has 0 amide bonds. The number of pyridine rings is 1. The van der Waals surface area contributed by atoms with E-state index in [2.05, 4.69) is 54.4 Å². The summed E-state index contributed by atoms with van der Waals surface area (Å²) in [5.74, 6) is 0. The second kappa shape index (κ2) is 4.82. The van der Waals surface area contributed by atoms with Crippen LogP contribution in [0.25, 0.3) is 22.0 Å². The van der Waals surface area contributed by atoms with Gasteiger partial charge in [0.05, 0.1) is 5.52 Å². The van der Waals surface area contributed by atoms with E-state index in [9.17, 15) is 0 Å². The minimum atomic E-state index is 0.551. The average Bonchev–Trinajstić information content (AvgIpc) is 2.46. The van der Waals surface area contributed by atoms with Crippen molar-refractivity contribution in [3.05, 3.63) is 65.9 Å². The molecule has 0 atom stereocenters. The summed E-state index contributed by atoms with van der Waals surface area (Å²) in [5, 5.41) is 1.16. The fourth-order valence-electron chi connectivity index (χ4n) is 2.37. The maximum atomic E-state index is 5.84. The number of fused-ring (bicyclic) bond motifs is 1. The Morgan fingerprint density at radius 3 is 2.79 bits per heavy atom. The van der Waals surface area contributed by atoms with E-state index in [-0.39, 0.29) is 0 Å². The average molecular weight is 248 g/mol. The predicted octanol–water partition coefficient (Wildman–Crippen LogP) is 3.67. The Morgan fingerprint density at radius 2 is 1.95 bits per heavy atom. The van der Waals surface area contributed by atoms with E-state index >= 15 is 0 Å². The number of nitrogens with zero attached hydrogens (tertiary/aromatic N) is 1. The number of hydrogen-bond acceptors (Lipinski definition) is 2. The van der Waals surface area contributed by atoms with Gasteiger partial charge in [-0.15, -0.1) is 0 Å². The molecule has 0 unspecified atom stereocenters. The van der Waals surface area contributed by atoms with E-state index in [0.717, 1.165) is 10.9 Å². The number of rotatable bonds is 2. The van der Waals surface area contributed by atoms with Crippen LogP contribution in [0.2, 0.25) is 0 Å². The van der Waals surface area contributed by atoms with Crippen LogP contribution in [-0.2, 0) is 6.54 Å². The Balaban J connectivity index is 2.21. The topological polar surface area (TPSA) is 38.9 Å². The van der Waals surface area contributed by atoms with Crippen molar-refractivity contribution in [2.24, 2.45) is 5.73 Å². The van der Waals surface area contributed by atoms with Crippen LogP contribution in [0.1, 0.15) is 11.1 Å². The monoisotopic (exact) mass is 248 g/mol. The van der Waals surface area contributed by atoms with Crippen molar-refractivity contribution in [3.8, 4) is 11.1 Å². The van der Waals surface area contributed by atoms with Gasteiger partial charge in [-0.25, -0.2) is 0 Å². The molecule has 0 aliphatic carbocycles. The lowest BCUT2D eigenvalue weighted by molar-refractivity contribution is 1.07. The van der Waals surface area contributed by atoms with Gasteiger partial charge in [0.15, 0.2) is 0 Å². The standard InChI is InChI=1S/C17H16N2/c1-12-4-5-15(11-18)16(9-12)14-7-6-13-3-2-8-19-17(13)10-14/h2-10H,11,18H2,1H3. The van der Waals surface area contributed by atoms with Crippen LogP contribution in [0.4, 0.5) is 0 Å². The van der Waals surface area contributed by atoms with E-state index < -0.39 is 0 Å². The van der Waals surface area contributed by atoms with Gasteiger partial charge in [-0.3, -0.25) is 4.98 Å². The molecule has 2 aromatic carbocycles. The summed E-state index contributed by atoms with van der Waals surface area (Å²) >= 11 is 0. The lowest BCUT2D eigenvalue weighted by Crippen LogP contribution is -1.99. The van der Waals surface area contributed by atoms with Gasteiger partial charge in [-0.05, 0) is 35.7 Å². The molecule has 94 valence electrons. The molecule has 19 heavy (non-hydrogen) atoms. The molecule has 0 saturated carbocycles. The molecule has 0 aliphatic rings. The summed E-state index contributed by atoms with van der Waals surface area (Å²) < 4.78 is 0. The molecule has 0 fully saturated rings. The van der Waals surface area contributed by atoms with Gasteiger partial charge in [-0.2, -0.15) is 0 Å². The van der Waals surface area contributed by atoms with E-state index in [1.54, 1.807) is 0 Å². The normalized spacial score (nSPS) is 10.8. The Labute approximate surface area is 112 Å². The van der Waals surface area contributed by atoms with Gasteiger partial charge < -0.3 is 5.73 Å². The van der Waals surface area contributed by atoms with Crippen LogP contribution >= 0.6 is 0 Å². The smallest absolute Gasteiger partial charge is 0.0708 e. The van der Waals surface area contributed by atoms with Gasteiger partial charge in [-0.1, -0.05) is 42.0 Å². The van der Waals surface area contributed by atoms with E-state index in [4.69, 9.17) is 5.73 Å². The first-order chi connectivity index (χ1) is 9.28. The van der Waals surface area contributed by atoms with Crippen LogP contribution in [0, 0.1) is 6.92 Å². The number of hydrogen-bond donors (Lipinski definition) is 1. The molecule has 1 aromatic heterocycles. The summed E-state index contributed by atoms with van der Waals surface area (Å²) in [6.07, 6.45) is 1.83. The van der Waals surface area contributed by atoms with Crippen LogP contribution in [0.5, 0.6) is 0 Å². The Morgan fingerprint density at radius 1 is 1.05 bits per heavy atom. The summed E-state index contributed by atoms with van der Waals surface area (Å²) in [6.45, 7) is 2.65. The molecule has 0 radical (unpaired) electrons. The Kier molecular flexibility index (Phi) is 3.02. The molecule has 0 bridgehead atoms. The maximum Gasteiger partial charge on any atom is 0.0708 e. The molecule has 3 aromatic rings. The van der Waals surface area contributed by atoms with Crippen molar-refractivity contribution >= 4 is 10.9 Å². The van der Waals surface area contributed by atoms with Gasteiger partial charge in [0.1, 0.15) is 0 Å². The number of nitrogens with two attached hydrogens (primary N) is 1. The molecule has 0 spiro atoms. The third-order valence-corrected chi connectivity index (χ3v) is 3.40. The highest BCUT2D eigenvalue weighted by atomic mass is 14.6. The fraction of sp³-hybridized carbons (Fsp3) is 0.118. The van der Waals surface area contributed by atoms with Crippen molar-refractivity contribution in [2.75, 3.05) is 0 Å². The van der Waals surface area contributed by atoms with Crippen molar-refractivity contribution in [1.29, 1.82) is 0 Å². The molecule has 0 saturated heterocycles. The third-order valence-electron chi connectivity index (χ3n) is 3.40. The molecular weight excluding hydrogens is 232 g/mol. The first-order valence-corrected chi connectivity index (χ1v) is 6.43. The highest BCUT2D eigenvalue weighted by Crippen LogP contribution is 2.27. The first kappa shape index (κ1) is 11.9. The number of aryl methyl sites for hydroxylation is 1. The van der Waals surface area contributed by atoms with Crippen molar-refractivity contribution in [2.45, 2.75) is 13.5 Å². The SMILES string of the molecule is Cc1ccc(CN)c(-c2ccc3cccnc3c2)c1. The Hall–Kier alpha value is -2.19. The van der Waals surface area contributed by atoms with Crippen molar-refractivity contribution in [1.82, 2.24) is 4.98 Å². The summed E-state index contributed by atoms with van der Waals surface area (Å²) in [6, 6.07) is 16.8. The minimum absolute atomic E-state index is 0.551. The quantitative estimate of drug-likeness (QED) is 0.751. The molecule has 2 N–H and O–H groups in total. The van der Waals surface area contributed by atoms with Gasteiger partial charge >= 0.3 is 0 Å². The van der Waals surface area contributed by atoms with Crippen LogP contribution in [-0.4, -0.2) is 4.98 Å². The lowest BCUT2D eigenvalue weighted by atomic mass is 9.96. The van der Waals surface area contributed by atoms with Crippen LogP contribution < -0.4 is 5.73 Å². The van der Waals surface area contributed by atoms with Crippen molar-refractivity contribution < 1.29 is 0 Å². The summed E-state index contributed by atoms with van der Waals surface area (Å²) in [5.41, 5.74) is 11.6. The van der Waals surface area contributed by atoms with Gasteiger partial charge in [0.25, 0.3) is 0 Å². The zero-order valence-corrected chi connectivity index (χ0v) is 10.9. The van der Waals surface area contributed by atoms with E-state index in [0.29, 0.717) is 6.54 Å². The predicted molar refractivity (Wildman–Crippen MR) is 79.8 cm³/mol. The first-order valence-electron chi connectivity index (χ1n) is 6.43. The minimum Gasteiger partial charge on any atom is -0.326 e. The second-order valence-corrected chi connectivity index (χ2v) is 4.78. The van der Waals surface area contributed by atoms with Crippen molar-refractivity contribution in [3.63, 3.8) is 0 Å². The zero-order chi connectivity index (χ0) is 13.2. The van der Waals surface area contributed by atoms with E-state index in [1.807, 2.05) is 12.3 Å². The van der Waals surface area contributed by atoms with Gasteiger partial charge in [0, 0.05) is 18.1 Å². The molecule has 3 rings (SSSR count). The third kappa shape index (κ3) is 2.23. The second-order valence-electron chi connectivity index (χ2n) is 4.78. The number of benzene rings is 2. The lowest BCUT2D eigenvalue weighted by Gasteiger charge is -2.10. The summed E-state index contributed by atoms with van der Waals surface area (Å²) in [7, 11) is 0. The number of aromatic nitrogens is 1. The van der Waals surface area contributed by atoms with Crippen LogP contribution in [0.3, 0.4) is 0 Å². The molecule has 0 aliphatic heterocycles. The van der Waals surface area contributed by atoms with Crippen LogP contribution in [0.15, 0.2) is 54.7 Å². The zero-order valence-electron chi connectivity index (χ0n) is 10.9. The van der Waals surface area contributed by atoms with E-state index in [1.165, 1.54) is 22.3 Å². The molecular formula is C17H16N2. The molecule has 1 heterocycles. The largest absolute Gasteiger partial charge is 0.326 e.